The van der Waals surface area contributed by atoms with Crippen LogP contribution in [0, 0.1) is 11.2 Å². The number of carbonyl (C=O) groups is 2. The van der Waals surface area contributed by atoms with Gasteiger partial charge in [-0.2, -0.15) is 0 Å². The number of hydrogen-bond donors (Lipinski definition) is 1. The van der Waals surface area contributed by atoms with E-state index in [1.807, 2.05) is 18.7 Å². The molecule has 0 bridgehead atoms. The summed E-state index contributed by atoms with van der Waals surface area (Å²) in [5, 5.41) is 0. The van der Waals surface area contributed by atoms with Crippen LogP contribution in [-0.4, -0.2) is 61.0 Å². The van der Waals surface area contributed by atoms with Gasteiger partial charge in [0.25, 0.3) is 0 Å². The number of halogens is 1. The van der Waals surface area contributed by atoms with Crippen molar-refractivity contribution in [1.82, 2.24) is 9.80 Å². The van der Waals surface area contributed by atoms with Crippen LogP contribution in [0.3, 0.4) is 0 Å². The molecule has 1 spiro atoms. The van der Waals surface area contributed by atoms with E-state index in [2.05, 4.69) is 17.0 Å². The largest absolute Gasteiger partial charge is 0.493 e. The van der Waals surface area contributed by atoms with Gasteiger partial charge in [0.15, 0.2) is 0 Å². The first-order valence-corrected chi connectivity index (χ1v) is 13.3. The minimum Gasteiger partial charge on any atom is -0.493 e. The third-order valence-electron chi connectivity index (χ3n) is 7.44. The van der Waals surface area contributed by atoms with Crippen LogP contribution < -0.4 is 15.2 Å². The molecule has 2 aromatic carbocycles. The minimum atomic E-state index is -0.319. The summed E-state index contributed by atoms with van der Waals surface area (Å²) in [5.74, 6) is 1.06. The number of primary amides is 1. The maximum Gasteiger partial charge on any atom is 0.223 e. The molecule has 7 nitrogen and oxygen atoms in total. The summed E-state index contributed by atoms with van der Waals surface area (Å²) in [5.41, 5.74) is 8.07. The molecule has 2 amide bonds. The van der Waals surface area contributed by atoms with E-state index in [9.17, 15) is 14.0 Å². The number of likely N-dealkylation sites (tertiary alicyclic amines) is 2. The Bertz CT molecular complexity index is 1070. The lowest BCUT2D eigenvalue weighted by molar-refractivity contribution is -0.128. The second-order valence-corrected chi connectivity index (χ2v) is 10.2. The number of nitrogens with two attached hydrogens (primary N) is 1. The predicted octanol–water partition coefficient (Wildman–Crippen LogP) is 4.37. The van der Waals surface area contributed by atoms with Crippen LogP contribution in [0.2, 0.25) is 0 Å². The summed E-state index contributed by atoms with van der Waals surface area (Å²) in [6, 6.07) is 10.5. The number of rotatable bonds is 11. The van der Waals surface area contributed by atoms with E-state index in [1.165, 1.54) is 12.1 Å². The summed E-state index contributed by atoms with van der Waals surface area (Å²) in [6.07, 6.45) is 3.47. The topological polar surface area (TPSA) is 85.1 Å². The van der Waals surface area contributed by atoms with Gasteiger partial charge in [-0.05, 0) is 87.0 Å². The molecule has 2 aliphatic heterocycles. The van der Waals surface area contributed by atoms with Crippen LogP contribution in [0.25, 0.3) is 11.1 Å². The van der Waals surface area contributed by atoms with E-state index >= 15 is 0 Å². The first-order valence-electron chi connectivity index (χ1n) is 13.3. The van der Waals surface area contributed by atoms with Gasteiger partial charge in [-0.1, -0.05) is 12.1 Å². The minimum absolute atomic E-state index is 0.0275. The van der Waals surface area contributed by atoms with E-state index in [4.69, 9.17) is 15.2 Å². The highest BCUT2D eigenvalue weighted by Crippen LogP contribution is 2.43. The fraction of sp³-hybridized carbons (Fsp3) is 0.517. The number of ether oxygens (including phenoxy) is 2. The van der Waals surface area contributed by atoms with Gasteiger partial charge in [0.05, 0.1) is 18.8 Å². The average Bonchev–Trinajstić information content (AvgIpc) is 3.16. The molecule has 0 saturated carbocycles. The Labute approximate surface area is 218 Å². The lowest BCUT2D eigenvalue weighted by Crippen LogP contribution is -2.41. The van der Waals surface area contributed by atoms with Crippen LogP contribution >= 0.6 is 0 Å². The maximum atomic E-state index is 13.6. The predicted molar refractivity (Wildman–Crippen MR) is 141 cm³/mol. The summed E-state index contributed by atoms with van der Waals surface area (Å²) in [6.45, 7) is 8.89. The second kappa shape index (κ2) is 11.9. The van der Waals surface area contributed by atoms with Gasteiger partial charge in [-0.15, -0.1) is 0 Å². The van der Waals surface area contributed by atoms with E-state index in [0.717, 1.165) is 67.2 Å². The molecule has 200 valence electrons. The van der Waals surface area contributed by atoms with Gasteiger partial charge < -0.3 is 20.1 Å². The normalized spacial score (nSPS) is 17.4. The summed E-state index contributed by atoms with van der Waals surface area (Å²) in [7, 11) is 0. The number of nitrogens with zero attached hydrogens (tertiary/aromatic N) is 2. The molecule has 2 aromatic rings. The van der Waals surface area contributed by atoms with Crippen molar-refractivity contribution in [3.8, 4) is 22.6 Å². The molecule has 0 unspecified atom stereocenters. The van der Waals surface area contributed by atoms with Gasteiger partial charge >= 0.3 is 0 Å². The fourth-order valence-electron chi connectivity index (χ4n) is 5.58. The lowest BCUT2D eigenvalue weighted by atomic mass is 9.77. The SMILES string of the molecule is CCOc1cc(CN2CCC3(CC2)CC(=O)N(CCCC(N)=O)C3)cc(OCC)c1-c1ccc(F)cc1. The Morgan fingerprint density at radius 1 is 1.05 bits per heavy atom. The van der Waals surface area contributed by atoms with Crippen LogP contribution in [0.4, 0.5) is 4.39 Å². The average molecular weight is 512 g/mol. The molecule has 0 radical (unpaired) electrons. The quantitative estimate of drug-likeness (QED) is 0.484. The van der Waals surface area contributed by atoms with Crippen LogP contribution in [0.5, 0.6) is 11.5 Å². The van der Waals surface area contributed by atoms with Crippen molar-refractivity contribution < 1.29 is 23.5 Å². The molecule has 8 heteroatoms. The lowest BCUT2D eigenvalue weighted by Gasteiger charge is -2.39. The third kappa shape index (κ3) is 6.60. The van der Waals surface area contributed by atoms with Crippen molar-refractivity contribution in [3.63, 3.8) is 0 Å². The van der Waals surface area contributed by atoms with E-state index in [1.54, 1.807) is 12.1 Å². The highest BCUT2D eigenvalue weighted by Gasteiger charge is 2.44. The number of carbonyl (C=O) groups excluding carboxylic acids is 2. The molecule has 4 rings (SSSR count). The first kappa shape index (κ1) is 26.9. The Morgan fingerprint density at radius 2 is 1.68 bits per heavy atom. The Balaban J connectivity index is 1.45. The molecular weight excluding hydrogens is 473 g/mol. The van der Waals surface area contributed by atoms with E-state index in [0.29, 0.717) is 39.0 Å². The number of hydrogen-bond acceptors (Lipinski definition) is 5. The highest BCUT2D eigenvalue weighted by atomic mass is 19.1. The maximum absolute atomic E-state index is 13.6. The van der Waals surface area contributed by atoms with Crippen LogP contribution in [0.15, 0.2) is 36.4 Å². The van der Waals surface area contributed by atoms with Gasteiger partial charge in [0.2, 0.25) is 11.8 Å². The fourth-order valence-corrected chi connectivity index (χ4v) is 5.58. The van der Waals surface area contributed by atoms with Gasteiger partial charge in [0.1, 0.15) is 17.3 Å². The van der Waals surface area contributed by atoms with Crippen LogP contribution in [0.1, 0.15) is 51.5 Å². The van der Waals surface area contributed by atoms with Crippen molar-refractivity contribution in [3.05, 3.63) is 47.8 Å². The third-order valence-corrected chi connectivity index (χ3v) is 7.44. The van der Waals surface area contributed by atoms with Gasteiger partial charge in [0, 0.05) is 32.5 Å². The second-order valence-electron chi connectivity index (χ2n) is 10.2. The van der Waals surface area contributed by atoms with Gasteiger partial charge in [-0.3, -0.25) is 14.5 Å². The summed E-state index contributed by atoms with van der Waals surface area (Å²) >= 11 is 0. The van der Waals surface area contributed by atoms with Crippen molar-refractivity contribution in [2.75, 3.05) is 39.4 Å². The molecule has 2 heterocycles. The van der Waals surface area contributed by atoms with Gasteiger partial charge in [-0.25, -0.2) is 4.39 Å². The Hall–Kier alpha value is -3.13. The molecular formula is C29H38FN3O4. The van der Waals surface area contributed by atoms with E-state index in [-0.39, 0.29) is 23.0 Å². The standard InChI is InChI=1S/C29H38FN3O4/c1-3-36-24-16-21(17-25(37-4-2)28(24)22-7-9-23(30)10-8-22)19-32-14-11-29(12-15-32)18-27(35)33(20-29)13-5-6-26(31)34/h7-10,16-17H,3-6,11-15,18-20H2,1-2H3,(H2,31,34). The molecule has 2 aliphatic rings. The van der Waals surface area contributed by atoms with Crippen molar-refractivity contribution in [1.29, 1.82) is 0 Å². The zero-order valence-corrected chi connectivity index (χ0v) is 21.9. The molecule has 2 fully saturated rings. The van der Waals surface area contributed by atoms with Crippen molar-refractivity contribution in [2.45, 2.75) is 52.5 Å². The molecule has 0 aliphatic carbocycles. The molecule has 37 heavy (non-hydrogen) atoms. The zero-order chi connectivity index (χ0) is 26.4. The summed E-state index contributed by atoms with van der Waals surface area (Å²) in [4.78, 5) is 28.0. The highest BCUT2D eigenvalue weighted by molar-refractivity contribution is 5.80. The number of benzene rings is 2. The Morgan fingerprint density at radius 3 is 2.24 bits per heavy atom. The number of amides is 2. The number of piperidine rings is 1. The van der Waals surface area contributed by atoms with Crippen LogP contribution in [-0.2, 0) is 16.1 Å². The zero-order valence-electron chi connectivity index (χ0n) is 21.9. The van der Waals surface area contributed by atoms with Crippen molar-refractivity contribution >= 4 is 11.8 Å². The summed E-state index contributed by atoms with van der Waals surface area (Å²) < 4.78 is 25.6. The monoisotopic (exact) mass is 511 g/mol. The smallest absolute Gasteiger partial charge is 0.223 e. The molecule has 0 aromatic heterocycles. The molecule has 2 saturated heterocycles. The Kier molecular flexibility index (Phi) is 8.69. The van der Waals surface area contributed by atoms with E-state index < -0.39 is 0 Å². The van der Waals surface area contributed by atoms with Crippen molar-refractivity contribution in [2.24, 2.45) is 11.1 Å². The molecule has 2 N–H and O–H groups in total. The first-order chi connectivity index (χ1) is 17.8. The molecule has 0 atom stereocenters.